The van der Waals surface area contributed by atoms with Gasteiger partial charge in [-0.2, -0.15) is 5.10 Å². The second-order valence-corrected chi connectivity index (χ2v) is 6.04. The second kappa shape index (κ2) is 13.0. The molecule has 25 heavy (non-hydrogen) atoms. The van der Waals surface area contributed by atoms with Crippen molar-refractivity contribution in [2.75, 3.05) is 6.54 Å². The molecular formula is C19H29N3O3. The lowest BCUT2D eigenvalue weighted by atomic mass is 10.1. The Morgan fingerprint density at radius 2 is 1.80 bits per heavy atom. The zero-order valence-corrected chi connectivity index (χ0v) is 15.0. The lowest BCUT2D eigenvalue weighted by Crippen LogP contribution is -2.34. The summed E-state index contributed by atoms with van der Waals surface area (Å²) in [5, 5.41) is 15.7. The van der Waals surface area contributed by atoms with Gasteiger partial charge in [-0.05, 0) is 24.1 Å². The second-order valence-electron chi connectivity index (χ2n) is 6.04. The predicted molar refractivity (Wildman–Crippen MR) is 99.5 cm³/mol. The van der Waals surface area contributed by atoms with Crippen molar-refractivity contribution in [1.82, 2.24) is 10.7 Å². The van der Waals surface area contributed by atoms with Gasteiger partial charge in [0.05, 0.1) is 12.8 Å². The maximum atomic E-state index is 11.7. The summed E-state index contributed by atoms with van der Waals surface area (Å²) in [7, 11) is 0. The van der Waals surface area contributed by atoms with Crippen LogP contribution < -0.4 is 10.7 Å². The van der Waals surface area contributed by atoms with Crippen LogP contribution in [0.2, 0.25) is 0 Å². The van der Waals surface area contributed by atoms with Crippen LogP contribution in [-0.4, -0.2) is 29.7 Å². The number of hydrogen-bond acceptors (Lipinski definition) is 4. The highest BCUT2D eigenvalue weighted by Crippen LogP contribution is 2.09. The molecule has 0 aliphatic heterocycles. The molecule has 6 heteroatoms. The zero-order chi connectivity index (χ0) is 18.3. The number of aromatic hydroxyl groups is 1. The highest BCUT2D eigenvalue weighted by Gasteiger charge is 2.04. The highest BCUT2D eigenvalue weighted by atomic mass is 16.3. The number of unbranched alkanes of at least 4 members (excludes halogenated alkanes) is 6. The van der Waals surface area contributed by atoms with Crippen LogP contribution in [0.3, 0.4) is 0 Å². The third kappa shape index (κ3) is 10.9. The molecule has 1 aromatic carbocycles. The molecule has 0 spiro atoms. The molecule has 0 heterocycles. The van der Waals surface area contributed by atoms with E-state index in [2.05, 4.69) is 22.8 Å². The fourth-order valence-electron chi connectivity index (χ4n) is 2.33. The minimum absolute atomic E-state index is 0.0906. The zero-order valence-electron chi connectivity index (χ0n) is 15.0. The SMILES string of the molecule is CCCCCCCCCC(=O)NCC(=O)N/N=C\c1cccc(O)c1. The van der Waals surface area contributed by atoms with Gasteiger partial charge in [0.2, 0.25) is 5.91 Å². The van der Waals surface area contributed by atoms with Crippen LogP contribution in [0.4, 0.5) is 0 Å². The Bertz CT molecular complexity index is 559. The van der Waals surface area contributed by atoms with Crippen LogP contribution in [0, 0.1) is 0 Å². The van der Waals surface area contributed by atoms with Crippen molar-refractivity contribution in [3.63, 3.8) is 0 Å². The number of nitrogens with zero attached hydrogens (tertiary/aromatic N) is 1. The molecule has 0 aromatic heterocycles. The van der Waals surface area contributed by atoms with Gasteiger partial charge < -0.3 is 10.4 Å². The first-order valence-electron chi connectivity index (χ1n) is 8.99. The quantitative estimate of drug-likeness (QED) is 0.308. The molecule has 0 fully saturated rings. The Labute approximate surface area is 149 Å². The Morgan fingerprint density at radius 3 is 2.52 bits per heavy atom. The molecule has 0 unspecified atom stereocenters. The Kier molecular flexibility index (Phi) is 10.7. The molecule has 138 valence electrons. The van der Waals surface area contributed by atoms with E-state index in [4.69, 9.17) is 0 Å². The largest absolute Gasteiger partial charge is 0.508 e. The number of hydrogen-bond donors (Lipinski definition) is 3. The molecule has 0 atom stereocenters. The number of carbonyl (C=O) groups is 2. The van der Waals surface area contributed by atoms with Gasteiger partial charge in [0, 0.05) is 6.42 Å². The Morgan fingerprint density at radius 1 is 1.08 bits per heavy atom. The summed E-state index contributed by atoms with van der Waals surface area (Å²) >= 11 is 0. The van der Waals surface area contributed by atoms with Crippen molar-refractivity contribution in [1.29, 1.82) is 0 Å². The van der Waals surface area contributed by atoms with Gasteiger partial charge in [-0.15, -0.1) is 0 Å². The van der Waals surface area contributed by atoms with E-state index in [1.165, 1.54) is 38.0 Å². The van der Waals surface area contributed by atoms with Crippen molar-refractivity contribution in [2.45, 2.75) is 58.3 Å². The summed E-state index contributed by atoms with van der Waals surface area (Å²) in [6.45, 7) is 2.10. The van der Waals surface area contributed by atoms with Gasteiger partial charge in [-0.1, -0.05) is 57.6 Å². The van der Waals surface area contributed by atoms with Gasteiger partial charge in [0.15, 0.2) is 0 Å². The van der Waals surface area contributed by atoms with Crippen molar-refractivity contribution in [3.8, 4) is 5.75 Å². The van der Waals surface area contributed by atoms with Crippen LogP contribution in [0.25, 0.3) is 0 Å². The van der Waals surface area contributed by atoms with Crippen molar-refractivity contribution in [3.05, 3.63) is 29.8 Å². The van der Waals surface area contributed by atoms with Crippen LogP contribution in [-0.2, 0) is 9.59 Å². The highest BCUT2D eigenvalue weighted by molar-refractivity contribution is 5.86. The summed E-state index contributed by atoms with van der Waals surface area (Å²) in [6, 6.07) is 6.51. The monoisotopic (exact) mass is 347 g/mol. The first kappa shape index (κ1) is 20.7. The van der Waals surface area contributed by atoms with Crippen molar-refractivity contribution >= 4 is 18.0 Å². The van der Waals surface area contributed by atoms with E-state index in [9.17, 15) is 14.7 Å². The van der Waals surface area contributed by atoms with Gasteiger partial charge in [0.25, 0.3) is 5.91 Å². The first-order chi connectivity index (χ1) is 12.1. The van der Waals surface area contributed by atoms with E-state index in [0.717, 1.165) is 19.3 Å². The molecule has 0 saturated heterocycles. The molecule has 2 amide bonds. The normalized spacial score (nSPS) is 10.8. The summed E-state index contributed by atoms with van der Waals surface area (Å²) in [5.41, 5.74) is 3.01. The number of phenols is 1. The average Bonchev–Trinajstić information content (AvgIpc) is 2.59. The lowest BCUT2D eigenvalue weighted by Gasteiger charge is -2.04. The minimum atomic E-state index is -0.385. The summed E-state index contributed by atoms with van der Waals surface area (Å²) in [4.78, 5) is 23.3. The minimum Gasteiger partial charge on any atom is -0.508 e. The molecule has 1 rings (SSSR count). The van der Waals surface area contributed by atoms with Crippen LogP contribution in [0.1, 0.15) is 63.9 Å². The van der Waals surface area contributed by atoms with Crippen molar-refractivity contribution in [2.24, 2.45) is 5.10 Å². The van der Waals surface area contributed by atoms with E-state index in [1.807, 2.05) is 0 Å². The number of nitrogens with one attached hydrogen (secondary N) is 2. The molecular weight excluding hydrogens is 318 g/mol. The molecule has 1 aromatic rings. The molecule has 0 aliphatic carbocycles. The number of hydrazone groups is 1. The van der Waals surface area contributed by atoms with E-state index in [0.29, 0.717) is 12.0 Å². The fourth-order valence-corrected chi connectivity index (χ4v) is 2.33. The van der Waals surface area contributed by atoms with Gasteiger partial charge in [-0.3, -0.25) is 9.59 Å². The van der Waals surface area contributed by atoms with Gasteiger partial charge >= 0.3 is 0 Å². The summed E-state index contributed by atoms with van der Waals surface area (Å²) in [5.74, 6) is -0.363. The molecule has 3 N–H and O–H groups in total. The predicted octanol–water partition coefficient (Wildman–Crippen LogP) is 3.10. The van der Waals surface area contributed by atoms with E-state index < -0.39 is 0 Å². The standard InChI is InChI=1S/C19H29N3O3/c1-2-3-4-5-6-7-8-12-18(24)20-15-19(25)22-21-14-16-10-9-11-17(23)13-16/h9-11,13-14,23H,2-8,12,15H2,1H3,(H,20,24)(H,22,25)/b21-14-. The molecule has 0 saturated carbocycles. The average molecular weight is 347 g/mol. The number of rotatable bonds is 12. The summed E-state index contributed by atoms with van der Waals surface area (Å²) < 4.78 is 0. The third-order valence-electron chi connectivity index (χ3n) is 3.73. The van der Waals surface area contributed by atoms with Crippen LogP contribution >= 0.6 is 0 Å². The Balaban J connectivity index is 2.08. The smallest absolute Gasteiger partial charge is 0.259 e. The van der Waals surface area contributed by atoms with Crippen molar-refractivity contribution < 1.29 is 14.7 Å². The molecule has 0 radical (unpaired) electrons. The van der Waals surface area contributed by atoms with Crippen LogP contribution in [0.5, 0.6) is 5.75 Å². The maximum Gasteiger partial charge on any atom is 0.259 e. The fraction of sp³-hybridized carbons (Fsp3) is 0.526. The summed E-state index contributed by atoms with van der Waals surface area (Å²) in [6.07, 6.45) is 9.97. The lowest BCUT2D eigenvalue weighted by molar-refractivity contribution is -0.126. The maximum absolute atomic E-state index is 11.7. The number of carbonyl (C=O) groups excluding carboxylic acids is 2. The van der Waals surface area contributed by atoms with E-state index in [1.54, 1.807) is 18.2 Å². The van der Waals surface area contributed by atoms with Gasteiger partial charge in [0.1, 0.15) is 5.75 Å². The van der Waals surface area contributed by atoms with Gasteiger partial charge in [-0.25, -0.2) is 5.43 Å². The first-order valence-corrected chi connectivity index (χ1v) is 8.99. The molecule has 0 aliphatic rings. The Hall–Kier alpha value is -2.37. The van der Waals surface area contributed by atoms with Crippen LogP contribution in [0.15, 0.2) is 29.4 Å². The molecule has 0 bridgehead atoms. The third-order valence-corrected chi connectivity index (χ3v) is 3.73. The topological polar surface area (TPSA) is 90.8 Å². The number of amides is 2. The van der Waals surface area contributed by atoms with E-state index in [-0.39, 0.29) is 24.1 Å². The van der Waals surface area contributed by atoms with E-state index >= 15 is 0 Å². The number of benzene rings is 1. The number of phenolic OH excluding ortho intramolecular Hbond substituents is 1. The molecule has 6 nitrogen and oxygen atoms in total.